The summed E-state index contributed by atoms with van der Waals surface area (Å²) in [6.07, 6.45) is 1.84. The first-order chi connectivity index (χ1) is 13.0. The lowest BCUT2D eigenvalue weighted by atomic mass is 10.3. The maximum atomic E-state index is 13.4. The van der Waals surface area contributed by atoms with Gasteiger partial charge in [-0.2, -0.15) is 9.61 Å². The van der Waals surface area contributed by atoms with Gasteiger partial charge in [0.25, 0.3) is 0 Å². The van der Waals surface area contributed by atoms with Gasteiger partial charge in [0.1, 0.15) is 10.8 Å². The summed E-state index contributed by atoms with van der Waals surface area (Å²) in [5.41, 5.74) is 1.16. The average Bonchev–Trinajstić information content (AvgIpc) is 3.08. The van der Waals surface area contributed by atoms with Crippen molar-refractivity contribution < 1.29 is 8.42 Å². The fraction of sp³-hybridized carbons (Fsp3) is 0.333. The quantitative estimate of drug-likeness (QED) is 0.668. The second-order valence-electron chi connectivity index (χ2n) is 6.38. The Morgan fingerprint density at radius 1 is 1.15 bits per heavy atom. The molecule has 7 nitrogen and oxygen atoms in total. The average molecular weight is 404 g/mol. The molecule has 0 atom stereocenters. The number of hydrogen-bond donors (Lipinski definition) is 1. The molecule has 142 valence electrons. The molecule has 1 saturated heterocycles. The van der Waals surface area contributed by atoms with Gasteiger partial charge in [0.05, 0.1) is 4.90 Å². The van der Waals surface area contributed by atoms with Crippen molar-refractivity contribution in [1.29, 1.82) is 0 Å². The summed E-state index contributed by atoms with van der Waals surface area (Å²) >= 11 is 1.32. The minimum Gasteiger partial charge on any atom is -0.354 e. The van der Waals surface area contributed by atoms with Gasteiger partial charge in [0, 0.05) is 37.9 Å². The van der Waals surface area contributed by atoms with Gasteiger partial charge in [0.15, 0.2) is 10.5 Å². The number of piperazine rings is 1. The molecule has 1 aliphatic rings. The van der Waals surface area contributed by atoms with E-state index in [2.05, 4.69) is 20.3 Å². The molecule has 0 bridgehead atoms. The number of sulfone groups is 1. The zero-order valence-electron chi connectivity index (χ0n) is 15.2. The van der Waals surface area contributed by atoms with Gasteiger partial charge in [-0.1, -0.05) is 18.2 Å². The van der Waals surface area contributed by atoms with Crippen molar-refractivity contribution in [3.63, 3.8) is 0 Å². The highest BCUT2D eigenvalue weighted by Gasteiger charge is 2.30. The number of nitrogens with one attached hydrogen (secondary N) is 1. The van der Waals surface area contributed by atoms with Crippen LogP contribution in [0.1, 0.15) is 5.69 Å². The van der Waals surface area contributed by atoms with Crippen LogP contribution in [-0.2, 0) is 9.84 Å². The molecule has 1 aromatic carbocycles. The second-order valence-corrected chi connectivity index (χ2v) is 9.06. The van der Waals surface area contributed by atoms with Crippen molar-refractivity contribution in [2.75, 3.05) is 37.3 Å². The van der Waals surface area contributed by atoms with Gasteiger partial charge in [-0.25, -0.2) is 13.4 Å². The molecule has 0 aliphatic carbocycles. The van der Waals surface area contributed by atoms with E-state index in [4.69, 9.17) is 0 Å². The van der Waals surface area contributed by atoms with E-state index in [1.54, 1.807) is 34.8 Å². The summed E-state index contributed by atoms with van der Waals surface area (Å²) in [7, 11) is -3.73. The number of aryl methyl sites for hydroxylation is 1. The highest BCUT2D eigenvalue weighted by Crippen LogP contribution is 2.34. The number of anilines is 1. The minimum absolute atomic E-state index is 0.182. The molecule has 0 saturated carbocycles. The summed E-state index contributed by atoms with van der Waals surface area (Å²) in [6, 6.07) is 10.4. The third kappa shape index (κ3) is 3.19. The van der Waals surface area contributed by atoms with Crippen LogP contribution in [0, 0.1) is 6.92 Å². The van der Waals surface area contributed by atoms with Crippen molar-refractivity contribution >= 4 is 33.1 Å². The Morgan fingerprint density at radius 2 is 1.85 bits per heavy atom. The number of benzene rings is 1. The molecule has 27 heavy (non-hydrogen) atoms. The second kappa shape index (κ2) is 7.14. The summed E-state index contributed by atoms with van der Waals surface area (Å²) in [6.45, 7) is 5.33. The highest BCUT2D eigenvalue weighted by atomic mass is 32.2. The third-order valence-electron chi connectivity index (χ3n) is 4.58. The molecular formula is C18H21N5O2S2. The first-order valence-corrected chi connectivity index (χ1v) is 11.4. The minimum atomic E-state index is -3.73. The van der Waals surface area contributed by atoms with E-state index in [-0.39, 0.29) is 9.79 Å². The third-order valence-corrected chi connectivity index (χ3v) is 7.19. The van der Waals surface area contributed by atoms with Crippen LogP contribution in [0.4, 0.5) is 5.82 Å². The Hall–Kier alpha value is -2.10. The lowest BCUT2D eigenvalue weighted by Crippen LogP contribution is -2.44. The van der Waals surface area contributed by atoms with Gasteiger partial charge in [-0.15, -0.1) is 11.8 Å². The molecule has 0 spiro atoms. The van der Waals surface area contributed by atoms with E-state index in [0.29, 0.717) is 10.7 Å². The van der Waals surface area contributed by atoms with Gasteiger partial charge in [0.2, 0.25) is 9.84 Å². The van der Waals surface area contributed by atoms with Crippen LogP contribution >= 0.6 is 11.8 Å². The Morgan fingerprint density at radius 3 is 2.52 bits per heavy atom. The predicted molar refractivity (Wildman–Crippen MR) is 106 cm³/mol. The molecule has 1 N–H and O–H groups in total. The number of fused-ring (bicyclic) bond motifs is 1. The Labute approximate surface area is 162 Å². The SMILES string of the molecule is CSc1nn2c(N3CCNCC3)cc(C)nc2c1S(=O)(=O)c1ccccc1. The molecule has 0 amide bonds. The Bertz CT molecular complexity index is 1070. The fourth-order valence-corrected chi connectivity index (χ4v) is 5.70. The molecule has 0 unspecified atom stereocenters. The molecule has 3 heterocycles. The molecule has 3 aromatic rings. The summed E-state index contributed by atoms with van der Waals surface area (Å²) in [4.78, 5) is 7.21. The van der Waals surface area contributed by atoms with Crippen LogP contribution in [0.15, 0.2) is 51.2 Å². The zero-order valence-corrected chi connectivity index (χ0v) is 16.8. The normalized spacial score (nSPS) is 15.4. The number of nitrogens with zero attached hydrogens (tertiary/aromatic N) is 4. The fourth-order valence-electron chi connectivity index (χ4n) is 3.29. The van der Waals surface area contributed by atoms with Crippen molar-refractivity contribution in [3.8, 4) is 0 Å². The van der Waals surface area contributed by atoms with Crippen LogP contribution < -0.4 is 10.2 Å². The number of aromatic nitrogens is 3. The standard InChI is InChI=1S/C18H21N5O2S2/c1-13-12-15(22-10-8-19-9-11-22)23-17(20-13)16(18(21-23)26-2)27(24,25)14-6-4-3-5-7-14/h3-7,12,19H,8-11H2,1-2H3. The Kier molecular flexibility index (Phi) is 4.83. The monoisotopic (exact) mass is 403 g/mol. The van der Waals surface area contributed by atoms with Crippen molar-refractivity contribution in [3.05, 3.63) is 42.1 Å². The summed E-state index contributed by atoms with van der Waals surface area (Å²) < 4.78 is 28.4. The molecule has 0 radical (unpaired) electrons. The van der Waals surface area contributed by atoms with Gasteiger partial charge >= 0.3 is 0 Å². The van der Waals surface area contributed by atoms with E-state index < -0.39 is 9.84 Å². The first-order valence-electron chi connectivity index (χ1n) is 8.72. The van der Waals surface area contributed by atoms with Gasteiger partial charge < -0.3 is 10.2 Å². The summed E-state index contributed by atoms with van der Waals surface area (Å²) in [5.74, 6) is 0.879. The first kappa shape index (κ1) is 18.3. The molecule has 2 aromatic heterocycles. The van der Waals surface area contributed by atoms with E-state index in [0.717, 1.165) is 37.7 Å². The van der Waals surface area contributed by atoms with E-state index in [1.165, 1.54) is 11.8 Å². The van der Waals surface area contributed by atoms with E-state index >= 15 is 0 Å². The van der Waals surface area contributed by atoms with Crippen LogP contribution in [0.25, 0.3) is 5.65 Å². The van der Waals surface area contributed by atoms with E-state index in [9.17, 15) is 8.42 Å². The topological polar surface area (TPSA) is 79.6 Å². The van der Waals surface area contributed by atoms with Crippen LogP contribution in [0.5, 0.6) is 0 Å². The van der Waals surface area contributed by atoms with Crippen LogP contribution in [-0.4, -0.2) is 55.5 Å². The van der Waals surface area contributed by atoms with Crippen molar-refractivity contribution in [2.45, 2.75) is 21.7 Å². The van der Waals surface area contributed by atoms with Crippen LogP contribution in [0.2, 0.25) is 0 Å². The van der Waals surface area contributed by atoms with Crippen LogP contribution in [0.3, 0.4) is 0 Å². The maximum absolute atomic E-state index is 13.4. The maximum Gasteiger partial charge on any atom is 0.213 e. The predicted octanol–water partition coefficient (Wildman–Crippen LogP) is 2.00. The van der Waals surface area contributed by atoms with Crippen molar-refractivity contribution in [1.82, 2.24) is 19.9 Å². The smallest absolute Gasteiger partial charge is 0.213 e. The summed E-state index contributed by atoms with van der Waals surface area (Å²) in [5, 5.41) is 8.41. The molecule has 9 heteroatoms. The highest BCUT2D eigenvalue weighted by molar-refractivity contribution is 7.99. The lowest BCUT2D eigenvalue weighted by molar-refractivity contribution is 0.579. The van der Waals surface area contributed by atoms with Crippen molar-refractivity contribution in [2.24, 2.45) is 0 Å². The number of hydrogen-bond acceptors (Lipinski definition) is 7. The number of rotatable bonds is 4. The lowest BCUT2D eigenvalue weighted by Gasteiger charge is -2.29. The van der Waals surface area contributed by atoms with Gasteiger partial charge in [-0.3, -0.25) is 0 Å². The Balaban J connectivity index is 1.97. The molecular weight excluding hydrogens is 382 g/mol. The van der Waals surface area contributed by atoms with Gasteiger partial charge in [-0.05, 0) is 25.3 Å². The molecule has 4 rings (SSSR count). The number of thioether (sulfide) groups is 1. The molecule has 1 aliphatic heterocycles. The van der Waals surface area contributed by atoms with E-state index in [1.807, 2.05) is 19.2 Å². The zero-order chi connectivity index (χ0) is 19.0. The largest absolute Gasteiger partial charge is 0.354 e. The molecule has 1 fully saturated rings.